The standard InChI is InChI=1S/C13H19N9S/c1-8(2)17-13-18-9(6-16-22(4)12(14)23)5-10(19-13)11-20-15-7-21(11)3/h5-8H,1-4H3,(H2,14,23)(H,17,18,19)/b16-6+. The van der Waals surface area contributed by atoms with E-state index in [0.717, 1.165) is 0 Å². The second-order valence-electron chi connectivity index (χ2n) is 5.17. The first-order valence-electron chi connectivity index (χ1n) is 6.94. The maximum atomic E-state index is 5.50. The number of rotatable bonds is 5. The molecule has 2 heterocycles. The van der Waals surface area contributed by atoms with Crippen molar-refractivity contribution in [3.8, 4) is 11.5 Å². The molecule has 0 saturated heterocycles. The number of nitrogens with two attached hydrogens (primary N) is 1. The Balaban J connectivity index is 2.41. The molecule has 0 saturated carbocycles. The van der Waals surface area contributed by atoms with Crippen LogP contribution in [0.5, 0.6) is 0 Å². The minimum Gasteiger partial charge on any atom is -0.375 e. The summed E-state index contributed by atoms with van der Waals surface area (Å²) in [6, 6.07) is 1.96. The summed E-state index contributed by atoms with van der Waals surface area (Å²) in [6.07, 6.45) is 3.17. The highest BCUT2D eigenvalue weighted by atomic mass is 32.1. The molecule has 0 bridgehead atoms. The number of anilines is 1. The summed E-state index contributed by atoms with van der Waals surface area (Å²) >= 11 is 4.85. The zero-order valence-corrected chi connectivity index (χ0v) is 14.2. The van der Waals surface area contributed by atoms with E-state index in [0.29, 0.717) is 23.2 Å². The van der Waals surface area contributed by atoms with Gasteiger partial charge in [-0.1, -0.05) is 0 Å². The fourth-order valence-electron chi connectivity index (χ4n) is 1.69. The molecule has 0 aromatic carbocycles. The number of aromatic nitrogens is 5. The van der Waals surface area contributed by atoms with Gasteiger partial charge in [0.25, 0.3) is 0 Å². The lowest BCUT2D eigenvalue weighted by molar-refractivity contribution is 0.552. The van der Waals surface area contributed by atoms with Crippen LogP contribution in [0, 0.1) is 0 Å². The fraction of sp³-hybridized carbons (Fsp3) is 0.385. The van der Waals surface area contributed by atoms with Crippen LogP contribution in [0.3, 0.4) is 0 Å². The van der Waals surface area contributed by atoms with Gasteiger partial charge in [0, 0.05) is 20.1 Å². The summed E-state index contributed by atoms with van der Waals surface area (Å²) in [5.74, 6) is 1.12. The van der Waals surface area contributed by atoms with E-state index in [2.05, 4.69) is 30.6 Å². The second kappa shape index (κ2) is 7.09. The van der Waals surface area contributed by atoms with E-state index in [4.69, 9.17) is 18.0 Å². The number of hydrogen-bond donors (Lipinski definition) is 2. The molecule has 23 heavy (non-hydrogen) atoms. The molecule has 0 spiro atoms. The van der Waals surface area contributed by atoms with E-state index in [-0.39, 0.29) is 11.2 Å². The van der Waals surface area contributed by atoms with Gasteiger partial charge in [-0.05, 0) is 32.1 Å². The lowest BCUT2D eigenvalue weighted by Gasteiger charge is -2.11. The van der Waals surface area contributed by atoms with Gasteiger partial charge in [0.2, 0.25) is 5.95 Å². The van der Waals surface area contributed by atoms with Crippen molar-refractivity contribution in [3.63, 3.8) is 0 Å². The zero-order chi connectivity index (χ0) is 17.0. The van der Waals surface area contributed by atoms with Crippen LogP contribution >= 0.6 is 12.2 Å². The average Bonchev–Trinajstić information content (AvgIpc) is 2.89. The minimum absolute atomic E-state index is 0.171. The van der Waals surface area contributed by atoms with Crippen LogP contribution in [0.2, 0.25) is 0 Å². The third-order valence-electron chi connectivity index (χ3n) is 2.79. The molecule has 0 aliphatic rings. The van der Waals surface area contributed by atoms with Crippen molar-refractivity contribution in [2.75, 3.05) is 12.4 Å². The van der Waals surface area contributed by atoms with E-state index in [9.17, 15) is 0 Å². The Bertz CT molecular complexity index is 722. The number of hydrogen-bond acceptors (Lipinski definition) is 7. The topological polar surface area (TPSA) is 110 Å². The van der Waals surface area contributed by atoms with Crippen LogP contribution in [0.4, 0.5) is 5.95 Å². The smallest absolute Gasteiger partial charge is 0.224 e. The van der Waals surface area contributed by atoms with Gasteiger partial charge in [0.05, 0.1) is 11.9 Å². The molecule has 2 rings (SSSR count). The molecule has 0 radical (unpaired) electrons. The highest BCUT2D eigenvalue weighted by Crippen LogP contribution is 2.16. The van der Waals surface area contributed by atoms with Crippen molar-refractivity contribution in [1.82, 2.24) is 29.7 Å². The summed E-state index contributed by atoms with van der Waals surface area (Å²) in [6.45, 7) is 4.01. The third-order valence-corrected chi connectivity index (χ3v) is 3.05. The van der Waals surface area contributed by atoms with Crippen molar-refractivity contribution in [2.45, 2.75) is 19.9 Å². The molecule has 2 aromatic rings. The molecule has 0 aliphatic heterocycles. The second-order valence-corrected chi connectivity index (χ2v) is 5.59. The molecule has 2 aromatic heterocycles. The van der Waals surface area contributed by atoms with Gasteiger partial charge >= 0.3 is 0 Å². The monoisotopic (exact) mass is 333 g/mol. The maximum absolute atomic E-state index is 5.50. The predicted octanol–water partition coefficient (Wildman–Crippen LogP) is 0.602. The first-order chi connectivity index (χ1) is 10.9. The van der Waals surface area contributed by atoms with Crippen LogP contribution < -0.4 is 11.1 Å². The SMILES string of the molecule is CC(C)Nc1nc(/C=N/N(C)C(N)=S)cc(-c2nncn2C)n1. The average molecular weight is 333 g/mol. The molecule has 3 N–H and O–H groups in total. The van der Waals surface area contributed by atoms with Crippen LogP contribution in [-0.2, 0) is 7.05 Å². The molecule has 0 amide bonds. The molecular weight excluding hydrogens is 314 g/mol. The molecule has 0 atom stereocenters. The first kappa shape index (κ1) is 16.7. The first-order valence-corrected chi connectivity index (χ1v) is 7.34. The summed E-state index contributed by atoms with van der Waals surface area (Å²) in [4.78, 5) is 8.87. The Labute approximate surface area is 139 Å². The number of nitrogens with zero attached hydrogens (tertiary/aromatic N) is 7. The summed E-state index contributed by atoms with van der Waals surface area (Å²) in [7, 11) is 3.51. The lowest BCUT2D eigenvalue weighted by Crippen LogP contribution is -2.27. The van der Waals surface area contributed by atoms with Gasteiger partial charge in [-0.3, -0.25) is 0 Å². The Morgan fingerprint density at radius 1 is 1.48 bits per heavy atom. The van der Waals surface area contributed by atoms with Gasteiger partial charge in [0.1, 0.15) is 12.0 Å². The predicted molar refractivity (Wildman–Crippen MR) is 92.9 cm³/mol. The van der Waals surface area contributed by atoms with Gasteiger partial charge in [-0.2, -0.15) is 5.10 Å². The van der Waals surface area contributed by atoms with Gasteiger partial charge < -0.3 is 15.6 Å². The Hall–Kier alpha value is -2.62. The summed E-state index contributed by atoms with van der Waals surface area (Å²) < 4.78 is 1.78. The summed E-state index contributed by atoms with van der Waals surface area (Å²) in [5.41, 5.74) is 6.74. The minimum atomic E-state index is 0.171. The quantitative estimate of drug-likeness (QED) is 0.465. The van der Waals surface area contributed by atoms with E-state index in [1.54, 1.807) is 30.2 Å². The van der Waals surface area contributed by atoms with Crippen molar-refractivity contribution in [1.29, 1.82) is 0 Å². The normalized spacial score (nSPS) is 11.2. The van der Waals surface area contributed by atoms with Crippen molar-refractivity contribution in [3.05, 3.63) is 18.1 Å². The Kier molecular flexibility index (Phi) is 5.16. The van der Waals surface area contributed by atoms with Crippen molar-refractivity contribution >= 4 is 29.5 Å². The highest BCUT2D eigenvalue weighted by molar-refractivity contribution is 7.80. The zero-order valence-electron chi connectivity index (χ0n) is 13.4. The van der Waals surface area contributed by atoms with Crippen LogP contribution in [0.1, 0.15) is 19.5 Å². The number of hydrazone groups is 1. The third kappa shape index (κ3) is 4.42. The highest BCUT2D eigenvalue weighted by Gasteiger charge is 2.11. The molecule has 0 aliphatic carbocycles. The van der Waals surface area contributed by atoms with Gasteiger partial charge in [-0.25, -0.2) is 15.0 Å². The van der Waals surface area contributed by atoms with E-state index >= 15 is 0 Å². The van der Waals surface area contributed by atoms with Gasteiger partial charge in [-0.15, -0.1) is 10.2 Å². The molecule has 122 valence electrons. The van der Waals surface area contributed by atoms with Crippen LogP contribution in [0.15, 0.2) is 17.5 Å². The van der Waals surface area contributed by atoms with Gasteiger partial charge in [0.15, 0.2) is 10.9 Å². The Morgan fingerprint density at radius 3 is 2.78 bits per heavy atom. The van der Waals surface area contributed by atoms with Crippen molar-refractivity contribution < 1.29 is 0 Å². The molecule has 0 fully saturated rings. The largest absolute Gasteiger partial charge is 0.375 e. The number of aryl methyl sites for hydroxylation is 1. The van der Waals surface area contributed by atoms with E-state index in [1.807, 2.05) is 20.9 Å². The molecular formula is C13H19N9S. The van der Waals surface area contributed by atoms with Crippen molar-refractivity contribution in [2.24, 2.45) is 17.9 Å². The van der Waals surface area contributed by atoms with E-state index < -0.39 is 0 Å². The van der Waals surface area contributed by atoms with E-state index in [1.165, 1.54) is 5.01 Å². The van der Waals surface area contributed by atoms with Crippen LogP contribution in [-0.4, -0.2) is 54.2 Å². The lowest BCUT2D eigenvalue weighted by atomic mass is 10.3. The summed E-state index contributed by atoms with van der Waals surface area (Å²) in [5, 5.41) is 16.8. The maximum Gasteiger partial charge on any atom is 0.224 e. The van der Waals surface area contributed by atoms with Crippen LogP contribution in [0.25, 0.3) is 11.5 Å². The molecule has 9 nitrogen and oxygen atoms in total. The molecule has 10 heteroatoms. The number of nitrogens with one attached hydrogen (secondary N) is 1. The number of thiocarbonyl (C=S) groups is 1. The molecule has 0 unspecified atom stereocenters. The Morgan fingerprint density at radius 2 is 2.22 bits per heavy atom. The fourth-order valence-corrected chi connectivity index (χ4v) is 1.73.